The number of benzene rings is 2. The highest BCUT2D eigenvalue weighted by Gasteiger charge is 2.04. The Morgan fingerprint density at radius 1 is 1.00 bits per heavy atom. The van der Waals surface area contributed by atoms with Gasteiger partial charge in [0.15, 0.2) is 0 Å². The van der Waals surface area contributed by atoms with Crippen molar-refractivity contribution in [1.29, 1.82) is 0 Å². The van der Waals surface area contributed by atoms with E-state index in [1.54, 1.807) is 6.92 Å². The second kappa shape index (κ2) is 6.58. The molecular formula is C18H22O2. The summed E-state index contributed by atoms with van der Waals surface area (Å²) in [7, 11) is 0. The van der Waals surface area contributed by atoms with Gasteiger partial charge in [0.05, 0.1) is 6.10 Å². The summed E-state index contributed by atoms with van der Waals surface area (Å²) >= 11 is 0. The number of aliphatic hydroxyl groups excluding tert-OH is 1. The molecule has 1 N–H and O–H groups in total. The number of rotatable bonds is 5. The van der Waals surface area contributed by atoms with Crippen LogP contribution in [0.3, 0.4) is 0 Å². The number of aliphatic hydroxyl groups is 1. The molecule has 0 aliphatic heterocycles. The Balaban J connectivity index is 2.00. The fourth-order valence-electron chi connectivity index (χ4n) is 2.30. The Hall–Kier alpha value is -1.80. The normalized spacial score (nSPS) is 12.2. The molecular weight excluding hydrogens is 248 g/mol. The molecule has 0 heterocycles. The molecule has 20 heavy (non-hydrogen) atoms. The van der Waals surface area contributed by atoms with Gasteiger partial charge in [-0.1, -0.05) is 30.3 Å². The molecule has 0 aliphatic rings. The number of aryl methyl sites for hydroxylation is 2. The van der Waals surface area contributed by atoms with Gasteiger partial charge < -0.3 is 9.84 Å². The van der Waals surface area contributed by atoms with E-state index in [9.17, 15) is 5.11 Å². The van der Waals surface area contributed by atoms with Crippen LogP contribution < -0.4 is 4.74 Å². The van der Waals surface area contributed by atoms with Gasteiger partial charge in [0.2, 0.25) is 0 Å². The molecule has 2 aromatic carbocycles. The van der Waals surface area contributed by atoms with Gasteiger partial charge in [-0.3, -0.25) is 0 Å². The molecule has 0 spiro atoms. The lowest BCUT2D eigenvalue weighted by molar-refractivity contribution is 0.195. The van der Waals surface area contributed by atoms with Gasteiger partial charge in [-0.25, -0.2) is 0 Å². The Kier molecular flexibility index (Phi) is 4.80. The smallest absolute Gasteiger partial charge is 0.119 e. The van der Waals surface area contributed by atoms with Gasteiger partial charge in [0.1, 0.15) is 12.4 Å². The topological polar surface area (TPSA) is 29.5 Å². The lowest BCUT2D eigenvalue weighted by Gasteiger charge is -2.12. The van der Waals surface area contributed by atoms with E-state index in [4.69, 9.17) is 4.74 Å². The van der Waals surface area contributed by atoms with Crippen LogP contribution in [0.4, 0.5) is 0 Å². The van der Waals surface area contributed by atoms with Crippen LogP contribution in [0.5, 0.6) is 5.75 Å². The third-order valence-corrected chi connectivity index (χ3v) is 3.48. The van der Waals surface area contributed by atoms with Gasteiger partial charge in [0.25, 0.3) is 0 Å². The van der Waals surface area contributed by atoms with Crippen molar-refractivity contribution in [2.75, 3.05) is 0 Å². The fraction of sp³-hybridized carbons (Fsp3) is 0.333. The van der Waals surface area contributed by atoms with Gasteiger partial charge in [-0.2, -0.15) is 0 Å². The maximum atomic E-state index is 9.36. The van der Waals surface area contributed by atoms with Crippen LogP contribution in [0.25, 0.3) is 0 Å². The minimum absolute atomic E-state index is 0.309. The highest BCUT2D eigenvalue weighted by Crippen LogP contribution is 2.18. The Bertz CT molecular complexity index is 536. The number of hydrogen-bond donors (Lipinski definition) is 1. The zero-order valence-corrected chi connectivity index (χ0v) is 12.4. The number of hydrogen-bond acceptors (Lipinski definition) is 2. The van der Waals surface area contributed by atoms with E-state index >= 15 is 0 Å². The first-order valence-corrected chi connectivity index (χ1v) is 7.01. The van der Waals surface area contributed by atoms with Crippen molar-refractivity contribution in [3.8, 4) is 5.75 Å². The fourth-order valence-corrected chi connectivity index (χ4v) is 2.30. The Morgan fingerprint density at radius 2 is 1.60 bits per heavy atom. The second-order valence-corrected chi connectivity index (χ2v) is 5.36. The summed E-state index contributed by atoms with van der Waals surface area (Å²) in [4.78, 5) is 0. The van der Waals surface area contributed by atoms with Crippen molar-refractivity contribution in [2.45, 2.75) is 39.9 Å². The highest BCUT2D eigenvalue weighted by molar-refractivity contribution is 5.34. The van der Waals surface area contributed by atoms with Gasteiger partial charge >= 0.3 is 0 Å². The van der Waals surface area contributed by atoms with Crippen LogP contribution in [-0.2, 0) is 13.0 Å². The number of ether oxygens (including phenoxy) is 1. The molecule has 2 nitrogen and oxygen atoms in total. The van der Waals surface area contributed by atoms with E-state index in [0.717, 1.165) is 11.3 Å². The lowest BCUT2D eigenvalue weighted by Crippen LogP contribution is -2.04. The summed E-state index contributed by atoms with van der Waals surface area (Å²) in [6.07, 6.45) is 0.369. The average Bonchev–Trinajstić information content (AvgIpc) is 2.39. The van der Waals surface area contributed by atoms with Crippen LogP contribution in [0.15, 0.2) is 42.5 Å². The minimum Gasteiger partial charge on any atom is -0.489 e. The molecule has 0 radical (unpaired) electrons. The second-order valence-electron chi connectivity index (χ2n) is 5.36. The van der Waals surface area contributed by atoms with E-state index in [1.807, 2.05) is 24.3 Å². The van der Waals surface area contributed by atoms with E-state index in [2.05, 4.69) is 32.0 Å². The standard InChI is InChI=1S/C18H22O2/c1-13-5-4-6-14(2)18(13)12-20-17-9-7-16(8-10-17)11-15(3)19/h4-10,15,19H,11-12H2,1-3H3. The molecule has 0 aromatic heterocycles. The molecule has 2 heteroatoms. The molecule has 0 saturated carbocycles. The first-order valence-electron chi connectivity index (χ1n) is 7.01. The molecule has 0 saturated heterocycles. The molecule has 2 rings (SSSR count). The van der Waals surface area contributed by atoms with Crippen molar-refractivity contribution in [3.63, 3.8) is 0 Å². The predicted octanol–water partition coefficient (Wildman–Crippen LogP) is 3.81. The Labute approximate surface area is 121 Å². The third-order valence-electron chi connectivity index (χ3n) is 3.48. The van der Waals surface area contributed by atoms with Crippen molar-refractivity contribution in [1.82, 2.24) is 0 Å². The van der Waals surface area contributed by atoms with Gasteiger partial charge in [0, 0.05) is 0 Å². The summed E-state index contributed by atoms with van der Waals surface area (Å²) in [6.45, 7) is 6.61. The minimum atomic E-state index is -0.309. The Morgan fingerprint density at radius 3 is 2.15 bits per heavy atom. The van der Waals surface area contributed by atoms with Gasteiger partial charge in [-0.15, -0.1) is 0 Å². The first-order chi connectivity index (χ1) is 9.56. The van der Waals surface area contributed by atoms with Crippen molar-refractivity contribution in [2.24, 2.45) is 0 Å². The largest absolute Gasteiger partial charge is 0.489 e. The molecule has 2 aromatic rings. The lowest BCUT2D eigenvalue weighted by atomic mass is 10.0. The zero-order chi connectivity index (χ0) is 14.5. The van der Waals surface area contributed by atoms with Crippen molar-refractivity contribution < 1.29 is 9.84 Å². The van der Waals surface area contributed by atoms with Crippen LogP contribution in [0.1, 0.15) is 29.2 Å². The maximum Gasteiger partial charge on any atom is 0.119 e. The summed E-state index contributed by atoms with van der Waals surface area (Å²) in [6, 6.07) is 14.2. The SMILES string of the molecule is Cc1cccc(C)c1COc1ccc(CC(C)O)cc1. The first kappa shape index (κ1) is 14.6. The summed E-state index contributed by atoms with van der Waals surface area (Å²) < 4.78 is 5.85. The molecule has 0 fully saturated rings. The molecule has 1 atom stereocenters. The van der Waals surface area contributed by atoms with Crippen LogP contribution in [0, 0.1) is 13.8 Å². The van der Waals surface area contributed by atoms with E-state index < -0.39 is 0 Å². The van der Waals surface area contributed by atoms with Crippen LogP contribution in [0.2, 0.25) is 0 Å². The summed E-state index contributed by atoms with van der Waals surface area (Å²) in [5.41, 5.74) is 4.89. The summed E-state index contributed by atoms with van der Waals surface area (Å²) in [5.74, 6) is 0.863. The van der Waals surface area contributed by atoms with E-state index in [1.165, 1.54) is 16.7 Å². The quantitative estimate of drug-likeness (QED) is 0.895. The van der Waals surface area contributed by atoms with E-state index in [-0.39, 0.29) is 6.10 Å². The maximum absolute atomic E-state index is 9.36. The predicted molar refractivity (Wildman–Crippen MR) is 82.1 cm³/mol. The molecule has 1 unspecified atom stereocenters. The molecule has 106 valence electrons. The summed E-state index contributed by atoms with van der Waals surface area (Å²) in [5, 5.41) is 9.36. The van der Waals surface area contributed by atoms with Gasteiger partial charge in [-0.05, 0) is 61.6 Å². The van der Waals surface area contributed by atoms with Crippen molar-refractivity contribution >= 4 is 0 Å². The average molecular weight is 270 g/mol. The van der Waals surface area contributed by atoms with Crippen LogP contribution in [-0.4, -0.2) is 11.2 Å². The monoisotopic (exact) mass is 270 g/mol. The van der Waals surface area contributed by atoms with Crippen molar-refractivity contribution in [3.05, 3.63) is 64.7 Å². The molecule has 0 bridgehead atoms. The molecule has 0 amide bonds. The third kappa shape index (κ3) is 3.84. The highest BCUT2D eigenvalue weighted by atomic mass is 16.5. The van der Waals surface area contributed by atoms with Crippen LogP contribution >= 0.6 is 0 Å². The molecule has 0 aliphatic carbocycles. The zero-order valence-electron chi connectivity index (χ0n) is 12.4. The van der Waals surface area contributed by atoms with E-state index in [0.29, 0.717) is 13.0 Å².